The average molecular weight is 269 g/mol. The van der Waals surface area contributed by atoms with Crippen molar-refractivity contribution in [3.8, 4) is 11.1 Å². The molecule has 0 aromatic heterocycles. The van der Waals surface area contributed by atoms with Crippen LogP contribution in [0.5, 0.6) is 0 Å². The molecule has 1 atom stereocenters. The van der Waals surface area contributed by atoms with E-state index in [4.69, 9.17) is 5.11 Å². The van der Waals surface area contributed by atoms with Gasteiger partial charge in [0.05, 0.1) is 13.0 Å². The highest BCUT2D eigenvalue weighted by atomic mass is 16.3. The number of aliphatic hydroxyl groups is 1. The predicted octanol–water partition coefficient (Wildman–Crippen LogP) is 2.39. The lowest BCUT2D eigenvalue weighted by Crippen LogP contribution is -2.35. The Hall–Kier alpha value is -2.13. The topological polar surface area (TPSA) is 49.3 Å². The van der Waals surface area contributed by atoms with E-state index in [0.29, 0.717) is 6.42 Å². The maximum Gasteiger partial charge on any atom is 0.224 e. The lowest BCUT2D eigenvalue weighted by atomic mass is 10.0. The molecule has 0 aliphatic rings. The molecular weight excluding hydrogens is 250 g/mol. The summed E-state index contributed by atoms with van der Waals surface area (Å²) in [4.78, 5) is 11.7. The molecule has 0 saturated heterocycles. The molecule has 3 nitrogen and oxygen atoms in total. The van der Waals surface area contributed by atoms with E-state index in [1.807, 2.05) is 42.5 Å². The molecular formula is C17H19NO2. The summed E-state index contributed by atoms with van der Waals surface area (Å²) < 4.78 is 0. The minimum Gasteiger partial charge on any atom is -0.394 e. The molecule has 0 saturated carbocycles. The summed E-state index contributed by atoms with van der Waals surface area (Å²) in [6, 6.07) is 17.9. The van der Waals surface area contributed by atoms with Crippen molar-refractivity contribution in [2.75, 3.05) is 6.61 Å². The molecule has 2 N–H and O–H groups in total. The van der Waals surface area contributed by atoms with E-state index in [-0.39, 0.29) is 18.6 Å². The standard InChI is InChI=1S/C17H19NO2/c1-13(12-19)18-17(20)11-14-7-9-16(10-8-14)15-5-3-2-4-6-15/h2-10,13,19H,11-12H2,1H3,(H,18,20). The van der Waals surface area contributed by atoms with Crippen molar-refractivity contribution in [2.45, 2.75) is 19.4 Å². The van der Waals surface area contributed by atoms with Crippen LogP contribution in [0, 0.1) is 0 Å². The molecule has 0 bridgehead atoms. The molecule has 0 aliphatic carbocycles. The lowest BCUT2D eigenvalue weighted by Gasteiger charge is -2.10. The van der Waals surface area contributed by atoms with Gasteiger partial charge in [0.25, 0.3) is 0 Å². The molecule has 0 spiro atoms. The van der Waals surface area contributed by atoms with Crippen molar-refractivity contribution in [3.05, 3.63) is 60.2 Å². The fourth-order valence-corrected chi connectivity index (χ4v) is 2.00. The number of carbonyl (C=O) groups is 1. The van der Waals surface area contributed by atoms with Crippen LogP contribution in [0.15, 0.2) is 54.6 Å². The number of hydrogen-bond acceptors (Lipinski definition) is 2. The summed E-state index contributed by atoms with van der Waals surface area (Å²) in [5.41, 5.74) is 3.27. The predicted molar refractivity (Wildman–Crippen MR) is 80.3 cm³/mol. The zero-order chi connectivity index (χ0) is 14.4. The Bertz CT molecular complexity index is 549. The number of rotatable bonds is 5. The zero-order valence-corrected chi connectivity index (χ0v) is 11.5. The highest BCUT2D eigenvalue weighted by Crippen LogP contribution is 2.19. The third-order valence-corrected chi connectivity index (χ3v) is 3.11. The Labute approximate surface area is 119 Å². The normalized spacial score (nSPS) is 11.9. The maximum atomic E-state index is 11.7. The summed E-state index contributed by atoms with van der Waals surface area (Å²) in [5.74, 6) is -0.0704. The smallest absolute Gasteiger partial charge is 0.224 e. The third kappa shape index (κ3) is 3.93. The van der Waals surface area contributed by atoms with Gasteiger partial charge < -0.3 is 10.4 Å². The van der Waals surface area contributed by atoms with Crippen LogP contribution in [-0.4, -0.2) is 23.7 Å². The summed E-state index contributed by atoms with van der Waals surface area (Å²) in [6.07, 6.45) is 0.333. The van der Waals surface area contributed by atoms with Crippen LogP contribution in [0.1, 0.15) is 12.5 Å². The van der Waals surface area contributed by atoms with E-state index in [1.165, 1.54) is 0 Å². The molecule has 0 aliphatic heterocycles. The molecule has 2 rings (SSSR count). The number of amides is 1. The SMILES string of the molecule is CC(CO)NC(=O)Cc1ccc(-c2ccccc2)cc1. The minimum absolute atomic E-state index is 0.0430. The van der Waals surface area contributed by atoms with E-state index < -0.39 is 0 Å². The number of aliphatic hydroxyl groups excluding tert-OH is 1. The van der Waals surface area contributed by atoms with Gasteiger partial charge in [0.15, 0.2) is 0 Å². The van der Waals surface area contributed by atoms with Crippen LogP contribution in [-0.2, 0) is 11.2 Å². The van der Waals surface area contributed by atoms with Gasteiger partial charge in [-0.2, -0.15) is 0 Å². The fraction of sp³-hybridized carbons (Fsp3) is 0.235. The maximum absolute atomic E-state index is 11.7. The minimum atomic E-state index is -0.203. The van der Waals surface area contributed by atoms with Crippen molar-refractivity contribution in [1.29, 1.82) is 0 Å². The van der Waals surface area contributed by atoms with Gasteiger partial charge >= 0.3 is 0 Å². The number of hydrogen-bond donors (Lipinski definition) is 2. The summed E-state index contributed by atoms with van der Waals surface area (Å²) in [7, 11) is 0. The molecule has 0 radical (unpaired) electrons. The van der Waals surface area contributed by atoms with Gasteiger partial charge in [-0.05, 0) is 23.6 Å². The van der Waals surface area contributed by atoms with Crippen molar-refractivity contribution in [1.82, 2.24) is 5.32 Å². The second-order valence-electron chi connectivity index (χ2n) is 4.89. The molecule has 2 aromatic rings. The Balaban J connectivity index is 2.00. The first-order valence-corrected chi connectivity index (χ1v) is 6.73. The van der Waals surface area contributed by atoms with Gasteiger partial charge in [0.1, 0.15) is 0 Å². The molecule has 0 heterocycles. The second kappa shape index (κ2) is 6.87. The second-order valence-corrected chi connectivity index (χ2v) is 4.89. The Morgan fingerprint density at radius 1 is 1.05 bits per heavy atom. The highest BCUT2D eigenvalue weighted by molar-refractivity contribution is 5.79. The third-order valence-electron chi connectivity index (χ3n) is 3.11. The molecule has 0 fully saturated rings. The first kappa shape index (κ1) is 14.3. The molecule has 1 unspecified atom stereocenters. The Morgan fingerprint density at radius 2 is 1.65 bits per heavy atom. The molecule has 2 aromatic carbocycles. The van der Waals surface area contributed by atoms with Crippen molar-refractivity contribution in [2.24, 2.45) is 0 Å². The molecule has 3 heteroatoms. The van der Waals surface area contributed by atoms with E-state index in [1.54, 1.807) is 6.92 Å². The van der Waals surface area contributed by atoms with Crippen LogP contribution >= 0.6 is 0 Å². The van der Waals surface area contributed by atoms with E-state index in [2.05, 4.69) is 17.4 Å². The van der Waals surface area contributed by atoms with Gasteiger partial charge in [0, 0.05) is 6.04 Å². The highest BCUT2D eigenvalue weighted by Gasteiger charge is 2.07. The summed E-state index contributed by atoms with van der Waals surface area (Å²) in [6.45, 7) is 1.73. The molecule has 104 valence electrons. The first-order valence-electron chi connectivity index (χ1n) is 6.73. The van der Waals surface area contributed by atoms with E-state index in [9.17, 15) is 4.79 Å². The van der Waals surface area contributed by atoms with Crippen LogP contribution in [0.3, 0.4) is 0 Å². The van der Waals surface area contributed by atoms with Gasteiger partial charge in [-0.15, -0.1) is 0 Å². The van der Waals surface area contributed by atoms with Crippen LogP contribution in [0.25, 0.3) is 11.1 Å². The van der Waals surface area contributed by atoms with Gasteiger partial charge in [-0.3, -0.25) is 4.79 Å². The lowest BCUT2D eigenvalue weighted by molar-refractivity contribution is -0.121. The monoisotopic (exact) mass is 269 g/mol. The Kier molecular flexibility index (Phi) is 4.91. The number of benzene rings is 2. The van der Waals surface area contributed by atoms with Gasteiger partial charge in [-0.25, -0.2) is 0 Å². The first-order chi connectivity index (χ1) is 9.69. The molecule has 20 heavy (non-hydrogen) atoms. The fourth-order valence-electron chi connectivity index (χ4n) is 2.00. The summed E-state index contributed by atoms with van der Waals surface area (Å²) in [5, 5.41) is 11.6. The largest absolute Gasteiger partial charge is 0.394 e. The summed E-state index contributed by atoms with van der Waals surface area (Å²) >= 11 is 0. The van der Waals surface area contributed by atoms with Crippen LogP contribution in [0.2, 0.25) is 0 Å². The van der Waals surface area contributed by atoms with Gasteiger partial charge in [-0.1, -0.05) is 54.6 Å². The Morgan fingerprint density at radius 3 is 2.25 bits per heavy atom. The average Bonchev–Trinajstić information content (AvgIpc) is 2.48. The van der Waals surface area contributed by atoms with Crippen molar-refractivity contribution < 1.29 is 9.90 Å². The van der Waals surface area contributed by atoms with Crippen LogP contribution < -0.4 is 5.32 Å². The number of carbonyl (C=O) groups excluding carboxylic acids is 1. The quantitative estimate of drug-likeness (QED) is 0.875. The van der Waals surface area contributed by atoms with E-state index in [0.717, 1.165) is 16.7 Å². The van der Waals surface area contributed by atoms with Crippen LogP contribution in [0.4, 0.5) is 0 Å². The van der Waals surface area contributed by atoms with E-state index >= 15 is 0 Å². The number of nitrogens with one attached hydrogen (secondary N) is 1. The molecule has 1 amide bonds. The van der Waals surface area contributed by atoms with Crippen molar-refractivity contribution >= 4 is 5.91 Å². The van der Waals surface area contributed by atoms with Crippen molar-refractivity contribution in [3.63, 3.8) is 0 Å². The van der Waals surface area contributed by atoms with Gasteiger partial charge in [0.2, 0.25) is 5.91 Å². The zero-order valence-electron chi connectivity index (χ0n) is 11.5.